The van der Waals surface area contributed by atoms with Crippen LogP contribution in [0.2, 0.25) is 0 Å². The lowest BCUT2D eigenvalue weighted by Crippen LogP contribution is -2.42. The number of hydrogen-bond acceptors (Lipinski definition) is 5. The topological polar surface area (TPSA) is 93.9 Å². The molecule has 1 aliphatic rings. The van der Waals surface area contributed by atoms with E-state index in [9.17, 15) is 8.42 Å². The molecule has 1 aliphatic heterocycles. The molecule has 0 unspecified atom stereocenters. The van der Waals surface area contributed by atoms with Crippen LogP contribution in [-0.2, 0) is 16.4 Å². The van der Waals surface area contributed by atoms with Crippen molar-refractivity contribution >= 4 is 31.8 Å². The third kappa shape index (κ3) is 4.74. The second-order valence-corrected chi connectivity index (χ2v) is 12.6. The molecule has 7 nitrogen and oxygen atoms in total. The fourth-order valence-corrected chi connectivity index (χ4v) is 7.42. The number of aryl methyl sites for hydroxylation is 1. The summed E-state index contributed by atoms with van der Waals surface area (Å²) in [7, 11) is -3.91. The van der Waals surface area contributed by atoms with Crippen LogP contribution in [0.25, 0.3) is 44.2 Å². The van der Waals surface area contributed by atoms with E-state index in [0.717, 1.165) is 65.9 Å². The van der Waals surface area contributed by atoms with Crippen LogP contribution in [0, 0.1) is 6.92 Å². The number of pyridine rings is 1. The van der Waals surface area contributed by atoms with Crippen LogP contribution >= 0.6 is 0 Å². The molecular formula is C33H31N5O2S. The van der Waals surface area contributed by atoms with Gasteiger partial charge in [0.15, 0.2) is 0 Å². The number of nitrogens with zero attached hydrogens (tertiary/aromatic N) is 2. The number of aromatic nitrogens is 3. The molecule has 7 rings (SSSR count). The first kappa shape index (κ1) is 25.7. The second kappa shape index (κ2) is 10.3. The Kier molecular flexibility index (Phi) is 6.46. The minimum Gasteiger partial charge on any atom is -0.361 e. The molecule has 3 aromatic heterocycles. The predicted molar refractivity (Wildman–Crippen MR) is 164 cm³/mol. The van der Waals surface area contributed by atoms with Gasteiger partial charge in [-0.25, -0.2) is 13.4 Å². The van der Waals surface area contributed by atoms with Crippen molar-refractivity contribution in [1.82, 2.24) is 25.2 Å². The van der Waals surface area contributed by atoms with Crippen LogP contribution in [-0.4, -0.2) is 54.4 Å². The normalized spacial score (nSPS) is 14.7. The highest BCUT2D eigenvalue weighted by molar-refractivity contribution is 7.92. The molecule has 3 N–H and O–H groups in total. The number of hydrogen-bond donors (Lipinski definition) is 3. The molecule has 0 aliphatic carbocycles. The summed E-state index contributed by atoms with van der Waals surface area (Å²) in [6.07, 6.45) is 5.45. The van der Waals surface area contributed by atoms with Crippen LogP contribution in [0.15, 0.2) is 101 Å². The number of fused-ring (bicyclic) bond motifs is 2. The number of benzene rings is 3. The Morgan fingerprint density at radius 3 is 2.39 bits per heavy atom. The molecule has 1 saturated heterocycles. The van der Waals surface area contributed by atoms with Gasteiger partial charge in [0.2, 0.25) is 9.84 Å². The Balaban J connectivity index is 1.41. The van der Waals surface area contributed by atoms with Crippen molar-refractivity contribution < 1.29 is 8.42 Å². The van der Waals surface area contributed by atoms with E-state index in [2.05, 4.69) is 38.4 Å². The lowest BCUT2D eigenvalue weighted by Gasteiger charge is -2.27. The van der Waals surface area contributed by atoms with E-state index in [1.54, 1.807) is 18.3 Å². The summed E-state index contributed by atoms with van der Waals surface area (Å²) in [6.45, 7) is 6.87. The highest BCUT2D eigenvalue weighted by Crippen LogP contribution is 2.41. The minimum atomic E-state index is -3.91. The third-order valence-corrected chi connectivity index (χ3v) is 9.85. The van der Waals surface area contributed by atoms with Gasteiger partial charge in [0.25, 0.3) is 0 Å². The van der Waals surface area contributed by atoms with Gasteiger partial charge in [0, 0.05) is 73.3 Å². The van der Waals surface area contributed by atoms with E-state index in [1.165, 1.54) is 5.56 Å². The van der Waals surface area contributed by atoms with E-state index >= 15 is 0 Å². The number of H-pyrrole nitrogens is 2. The van der Waals surface area contributed by atoms with Crippen molar-refractivity contribution in [3.05, 3.63) is 103 Å². The van der Waals surface area contributed by atoms with Crippen LogP contribution < -0.4 is 5.32 Å². The molecule has 0 spiro atoms. The lowest BCUT2D eigenvalue weighted by molar-refractivity contribution is 0.233. The molecule has 206 valence electrons. The molecule has 41 heavy (non-hydrogen) atoms. The van der Waals surface area contributed by atoms with Gasteiger partial charge in [-0.3, -0.25) is 4.90 Å². The summed E-state index contributed by atoms with van der Waals surface area (Å²) in [5.74, 6) is 0. The minimum absolute atomic E-state index is 0.264. The van der Waals surface area contributed by atoms with Gasteiger partial charge >= 0.3 is 0 Å². The fraction of sp³-hybridized carbons (Fsp3) is 0.182. The van der Waals surface area contributed by atoms with Crippen molar-refractivity contribution in [2.24, 2.45) is 0 Å². The number of nitrogens with one attached hydrogen (secondary N) is 3. The van der Waals surface area contributed by atoms with Gasteiger partial charge < -0.3 is 15.3 Å². The molecule has 4 heterocycles. The van der Waals surface area contributed by atoms with Gasteiger partial charge in [-0.2, -0.15) is 0 Å². The van der Waals surface area contributed by atoms with Crippen LogP contribution in [0.5, 0.6) is 0 Å². The second-order valence-electron chi connectivity index (χ2n) is 10.7. The number of rotatable bonds is 6. The van der Waals surface area contributed by atoms with E-state index < -0.39 is 9.84 Å². The maximum Gasteiger partial charge on any atom is 0.208 e. The van der Waals surface area contributed by atoms with Gasteiger partial charge in [0.05, 0.1) is 9.79 Å². The monoisotopic (exact) mass is 561 g/mol. The van der Waals surface area contributed by atoms with Gasteiger partial charge in [0.1, 0.15) is 5.65 Å². The summed E-state index contributed by atoms with van der Waals surface area (Å²) in [5.41, 5.74) is 6.92. The highest BCUT2D eigenvalue weighted by atomic mass is 32.2. The molecule has 0 bridgehead atoms. The molecule has 0 saturated carbocycles. The smallest absolute Gasteiger partial charge is 0.208 e. The third-order valence-electron chi connectivity index (χ3n) is 8.00. The SMILES string of the molecule is Cc1ccc(S(=O)(=O)c2c(-c3ccc(CN4CCNCC4)cc3)cnc3[nH]cc(-c4ccc5[nH]ccc5c4)c23)cc1. The molecule has 6 aromatic rings. The van der Waals surface area contributed by atoms with E-state index in [4.69, 9.17) is 4.98 Å². The van der Waals surface area contributed by atoms with Gasteiger partial charge in [-0.1, -0.05) is 48.0 Å². The van der Waals surface area contributed by atoms with Crippen LogP contribution in [0.3, 0.4) is 0 Å². The zero-order valence-electron chi connectivity index (χ0n) is 22.8. The van der Waals surface area contributed by atoms with E-state index in [1.807, 2.05) is 61.8 Å². The molecule has 8 heteroatoms. The van der Waals surface area contributed by atoms with E-state index in [0.29, 0.717) is 16.6 Å². The summed E-state index contributed by atoms with van der Waals surface area (Å²) in [6, 6.07) is 23.4. The first-order valence-electron chi connectivity index (χ1n) is 13.9. The summed E-state index contributed by atoms with van der Waals surface area (Å²) >= 11 is 0. The molecule has 3 aromatic carbocycles. The summed E-state index contributed by atoms with van der Waals surface area (Å²) in [5, 5.41) is 5.05. The number of piperazine rings is 1. The average Bonchev–Trinajstić information content (AvgIpc) is 3.64. The van der Waals surface area contributed by atoms with Crippen molar-refractivity contribution in [1.29, 1.82) is 0 Å². The molecule has 0 atom stereocenters. The Labute approximate surface area is 239 Å². The van der Waals surface area contributed by atoms with Crippen LogP contribution in [0.4, 0.5) is 0 Å². The maximum absolute atomic E-state index is 14.5. The number of sulfone groups is 1. The van der Waals surface area contributed by atoms with E-state index in [-0.39, 0.29) is 9.79 Å². The summed E-state index contributed by atoms with van der Waals surface area (Å²) in [4.78, 5) is 14.1. The quantitative estimate of drug-likeness (QED) is 0.235. The summed E-state index contributed by atoms with van der Waals surface area (Å²) < 4.78 is 29.0. The molecule has 0 amide bonds. The Bertz CT molecular complexity index is 1970. The lowest BCUT2D eigenvalue weighted by atomic mass is 10.0. The van der Waals surface area contributed by atoms with Crippen LogP contribution in [0.1, 0.15) is 11.1 Å². The Morgan fingerprint density at radius 2 is 1.61 bits per heavy atom. The highest BCUT2D eigenvalue weighted by Gasteiger charge is 2.28. The standard InChI is InChI=1S/C33H31N5O2S/c1-22-2-9-27(10-3-22)41(39,40)32-29(24-6-4-23(5-7-24)21-38-16-14-34-15-17-38)20-37-33-31(32)28(19-36-33)25-8-11-30-26(18-25)12-13-35-30/h2-13,18-20,34-35H,14-17,21H2,1H3,(H,36,37). The first-order valence-corrected chi connectivity index (χ1v) is 15.4. The zero-order chi connectivity index (χ0) is 28.0. The molecule has 0 radical (unpaired) electrons. The molecule has 1 fully saturated rings. The maximum atomic E-state index is 14.5. The number of aromatic amines is 2. The van der Waals surface area contributed by atoms with Gasteiger partial charge in [-0.15, -0.1) is 0 Å². The predicted octanol–water partition coefficient (Wildman–Crippen LogP) is 5.92. The van der Waals surface area contributed by atoms with Crippen molar-refractivity contribution in [2.45, 2.75) is 23.3 Å². The largest absolute Gasteiger partial charge is 0.361 e. The Morgan fingerprint density at radius 1 is 0.854 bits per heavy atom. The van der Waals surface area contributed by atoms with Crippen molar-refractivity contribution in [3.8, 4) is 22.3 Å². The van der Waals surface area contributed by atoms with Crippen molar-refractivity contribution in [2.75, 3.05) is 26.2 Å². The van der Waals surface area contributed by atoms with Gasteiger partial charge in [-0.05, 0) is 59.3 Å². The first-order chi connectivity index (χ1) is 20.0. The average molecular weight is 562 g/mol. The molecular weight excluding hydrogens is 530 g/mol. The fourth-order valence-electron chi connectivity index (χ4n) is 5.75. The Hall–Kier alpha value is -4.24. The van der Waals surface area contributed by atoms with Crippen molar-refractivity contribution in [3.63, 3.8) is 0 Å². The zero-order valence-corrected chi connectivity index (χ0v) is 23.6.